The maximum absolute atomic E-state index is 12.9. The van der Waals surface area contributed by atoms with Gasteiger partial charge in [0.1, 0.15) is 12.4 Å². The van der Waals surface area contributed by atoms with E-state index in [0.29, 0.717) is 17.8 Å². The topological polar surface area (TPSA) is 105 Å². The number of amides is 2. The molecule has 0 saturated carbocycles. The van der Waals surface area contributed by atoms with Crippen LogP contribution in [-0.4, -0.2) is 32.0 Å². The summed E-state index contributed by atoms with van der Waals surface area (Å²) in [4.78, 5) is 35.2. The van der Waals surface area contributed by atoms with Gasteiger partial charge in [-0.25, -0.2) is 4.79 Å². The van der Waals surface area contributed by atoms with Crippen molar-refractivity contribution >= 4 is 17.7 Å². The molecule has 4 aromatic rings. The third kappa shape index (κ3) is 6.64. The summed E-state index contributed by atoms with van der Waals surface area (Å²) in [6, 6.07) is 20.8. The molecule has 0 unspecified atom stereocenters. The highest BCUT2D eigenvalue weighted by atomic mass is 16.6. The number of anilines is 1. The Kier molecular flexibility index (Phi) is 7.65. The Labute approximate surface area is 202 Å². The van der Waals surface area contributed by atoms with Crippen molar-refractivity contribution in [3.8, 4) is 5.75 Å². The van der Waals surface area contributed by atoms with Crippen molar-refractivity contribution in [2.24, 2.45) is 0 Å². The highest BCUT2D eigenvalue weighted by Crippen LogP contribution is 2.22. The summed E-state index contributed by atoms with van der Waals surface area (Å²) in [6.07, 6.45) is 6.21. The molecule has 4 rings (SSSR count). The Morgan fingerprint density at radius 2 is 1.46 bits per heavy atom. The minimum absolute atomic E-state index is 0.00619. The van der Waals surface area contributed by atoms with Gasteiger partial charge in [0, 0.05) is 42.5 Å². The largest absolute Gasteiger partial charge is 0.506 e. The lowest BCUT2D eigenvalue weighted by atomic mass is 10.1. The Balaban J connectivity index is 1.44. The van der Waals surface area contributed by atoms with Gasteiger partial charge in [0.15, 0.2) is 0 Å². The number of hydrogen-bond acceptors (Lipinski definition) is 6. The number of aromatic nitrogens is 2. The van der Waals surface area contributed by atoms with Crippen LogP contribution in [0.15, 0.2) is 97.6 Å². The first-order chi connectivity index (χ1) is 17.1. The summed E-state index contributed by atoms with van der Waals surface area (Å²) >= 11 is 0. The zero-order valence-electron chi connectivity index (χ0n) is 18.9. The average molecular weight is 469 g/mol. The van der Waals surface area contributed by atoms with E-state index in [9.17, 15) is 14.7 Å². The van der Waals surface area contributed by atoms with Crippen molar-refractivity contribution in [1.82, 2.24) is 14.9 Å². The molecule has 0 aliphatic heterocycles. The van der Waals surface area contributed by atoms with Crippen molar-refractivity contribution in [2.45, 2.75) is 19.7 Å². The van der Waals surface area contributed by atoms with Crippen LogP contribution in [0.25, 0.3) is 0 Å². The first-order valence-corrected chi connectivity index (χ1v) is 11.0. The molecule has 2 aromatic heterocycles. The second-order valence-corrected chi connectivity index (χ2v) is 7.80. The van der Waals surface area contributed by atoms with Crippen molar-refractivity contribution in [3.63, 3.8) is 0 Å². The number of para-hydroxylation sites is 2. The Bertz CT molecular complexity index is 1270. The predicted octanol–water partition coefficient (Wildman–Crippen LogP) is 4.77. The summed E-state index contributed by atoms with van der Waals surface area (Å²) in [7, 11) is 0. The molecular weight excluding hydrogens is 444 g/mol. The molecule has 0 radical (unpaired) electrons. The molecule has 0 bridgehead atoms. The maximum atomic E-state index is 12.9. The lowest BCUT2D eigenvalue weighted by molar-refractivity contribution is 0.0908. The number of phenolic OH excluding ortho intramolecular Hbond substituents is 1. The van der Waals surface area contributed by atoms with Gasteiger partial charge in [-0.05, 0) is 47.5 Å². The number of hydrogen-bond donors (Lipinski definition) is 2. The highest BCUT2D eigenvalue weighted by Gasteiger charge is 2.17. The van der Waals surface area contributed by atoms with Crippen molar-refractivity contribution in [1.29, 1.82) is 0 Å². The normalized spacial score (nSPS) is 10.4. The molecule has 8 heteroatoms. The Morgan fingerprint density at radius 1 is 0.800 bits per heavy atom. The van der Waals surface area contributed by atoms with Crippen LogP contribution in [0.2, 0.25) is 0 Å². The lowest BCUT2D eigenvalue weighted by Crippen LogP contribution is -2.30. The zero-order chi connectivity index (χ0) is 24.5. The second kappa shape index (κ2) is 11.4. The van der Waals surface area contributed by atoms with Gasteiger partial charge in [-0.1, -0.05) is 36.4 Å². The SMILES string of the molecule is O=C(Nc1ccccc1O)c1ccc(CN(Cc2cccnc2)C(=O)OCc2cccnc2)cc1. The second-order valence-electron chi connectivity index (χ2n) is 7.80. The smallest absolute Gasteiger partial charge is 0.410 e. The fourth-order valence-electron chi connectivity index (χ4n) is 3.37. The van der Waals surface area contributed by atoms with Crippen LogP contribution in [0.4, 0.5) is 10.5 Å². The number of carbonyl (C=O) groups is 2. The molecule has 0 atom stereocenters. The number of carbonyl (C=O) groups excluding carboxylic acids is 2. The highest BCUT2D eigenvalue weighted by molar-refractivity contribution is 6.05. The van der Waals surface area contributed by atoms with Gasteiger partial charge in [-0.15, -0.1) is 0 Å². The minimum Gasteiger partial charge on any atom is -0.506 e. The molecule has 0 saturated heterocycles. The van der Waals surface area contributed by atoms with E-state index in [1.165, 1.54) is 6.07 Å². The molecule has 35 heavy (non-hydrogen) atoms. The monoisotopic (exact) mass is 468 g/mol. The van der Waals surface area contributed by atoms with E-state index in [0.717, 1.165) is 16.7 Å². The molecule has 0 spiro atoms. The van der Waals surface area contributed by atoms with Gasteiger partial charge in [0.2, 0.25) is 0 Å². The summed E-state index contributed by atoms with van der Waals surface area (Å²) in [5.41, 5.74) is 3.24. The molecule has 2 amide bonds. The zero-order valence-corrected chi connectivity index (χ0v) is 18.9. The van der Waals surface area contributed by atoms with Crippen LogP contribution >= 0.6 is 0 Å². The van der Waals surface area contributed by atoms with Gasteiger partial charge in [-0.2, -0.15) is 0 Å². The standard InChI is InChI=1S/C27H24N4O4/c32-25-8-2-1-7-24(25)30-26(33)23-11-9-20(10-12-23)17-31(18-21-5-3-13-28-15-21)27(34)35-19-22-6-4-14-29-16-22/h1-16,32H,17-19H2,(H,30,33). The fraction of sp³-hybridized carbons (Fsp3) is 0.111. The number of pyridine rings is 2. The van der Waals surface area contributed by atoms with Gasteiger partial charge >= 0.3 is 6.09 Å². The number of ether oxygens (including phenoxy) is 1. The molecule has 0 aliphatic rings. The molecule has 8 nitrogen and oxygen atoms in total. The van der Waals surface area contributed by atoms with Crippen LogP contribution in [0.3, 0.4) is 0 Å². The van der Waals surface area contributed by atoms with Gasteiger partial charge in [0.05, 0.1) is 12.2 Å². The van der Waals surface area contributed by atoms with E-state index in [1.54, 1.807) is 78.2 Å². The lowest BCUT2D eigenvalue weighted by Gasteiger charge is -2.22. The van der Waals surface area contributed by atoms with Gasteiger partial charge in [0.25, 0.3) is 5.91 Å². The fourth-order valence-corrected chi connectivity index (χ4v) is 3.37. The summed E-state index contributed by atoms with van der Waals surface area (Å²) in [6.45, 7) is 0.707. The minimum atomic E-state index is -0.473. The first-order valence-electron chi connectivity index (χ1n) is 11.0. The van der Waals surface area contributed by atoms with E-state index in [-0.39, 0.29) is 24.8 Å². The molecule has 0 fully saturated rings. The Morgan fingerprint density at radius 3 is 2.11 bits per heavy atom. The third-order valence-corrected chi connectivity index (χ3v) is 5.18. The number of nitrogens with zero attached hydrogens (tertiary/aromatic N) is 3. The van der Waals surface area contributed by atoms with Crippen LogP contribution in [0.5, 0.6) is 5.75 Å². The first kappa shape index (κ1) is 23.4. The summed E-state index contributed by atoms with van der Waals surface area (Å²) in [5, 5.41) is 12.6. The number of rotatable bonds is 8. The van der Waals surface area contributed by atoms with Crippen LogP contribution in [0, 0.1) is 0 Å². The molecule has 2 aromatic carbocycles. The molecular formula is C27H24N4O4. The van der Waals surface area contributed by atoms with E-state index < -0.39 is 6.09 Å². The summed E-state index contributed by atoms with van der Waals surface area (Å²) < 4.78 is 5.51. The van der Waals surface area contributed by atoms with E-state index in [1.807, 2.05) is 18.2 Å². The van der Waals surface area contributed by atoms with Crippen LogP contribution in [-0.2, 0) is 24.4 Å². The van der Waals surface area contributed by atoms with Crippen LogP contribution < -0.4 is 5.32 Å². The van der Waals surface area contributed by atoms with Crippen molar-refractivity contribution < 1.29 is 19.4 Å². The van der Waals surface area contributed by atoms with E-state index in [4.69, 9.17) is 4.74 Å². The number of phenols is 1. The van der Waals surface area contributed by atoms with E-state index >= 15 is 0 Å². The summed E-state index contributed by atoms with van der Waals surface area (Å²) in [5.74, 6) is -0.352. The quantitative estimate of drug-likeness (QED) is 0.361. The predicted molar refractivity (Wildman–Crippen MR) is 130 cm³/mol. The molecule has 0 aliphatic carbocycles. The third-order valence-electron chi connectivity index (χ3n) is 5.18. The Hall–Kier alpha value is -4.72. The van der Waals surface area contributed by atoms with Gasteiger partial charge < -0.3 is 15.2 Å². The van der Waals surface area contributed by atoms with Crippen molar-refractivity contribution in [3.05, 3.63) is 120 Å². The van der Waals surface area contributed by atoms with Crippen molar-refractivity contribution in [2.75, 3.05) is 5.32 Å². The molecule has 176 valence electrons. The number of benzene rings is 2. The number of nitrogens with one attached hydrogen (secondary N) is 1. The number of aromatic hydroxyl groups is 1. The average Bonchev–Trinajstić information content (AvgIpc) is 2.90. The van der Waals surface area contributed by atoms with Gasteiger partial charge in [-0.3, -0.25) is 19.7 Å². The van der Waals surface area contributed by atoms with Crippen LogP contribution in [0.1, 0.15) is 27.0 Å². The maximum Gasteiger partial charge on any atom is 0.410 e. The van der Waals surface area contributed by atoms with E-state index in [2.05, 4.69) is 15.3 Å². The molecule has 2 heterocycles. The molecule has 2 N–H and O–H groups in total.